The molecule has 0 aliphatic carbocycles. The van der Waals surface area contributed by atoms with Crippen molar-refractivity contribution in [2.24, 2.45) is 5.73 Å². The van der Waals surface area contributed by atoms with E-state index in [0.717, 1.165) is 38.0 Å². The van der Waals surface area contributed by atoms with Crippen LogP contribution < -0.4 is 10.5 Å². The van der Waals surface area contributed by atoms with Gasteiger partial charge in [0.05, 0.1) is 6.61 Å². The number of ether oxygens (including phenoxy) is 1. The number of nitrogens with two attached hydrogens (primary N) is 1. The SMILES string of the molecule is NCCc1cccc(OCCCCc2ccccc2)c1. The lowest BCUT2D eigenvalue weighted by atomic mass is 10.1. The Morgan fingerprint density at radius 2 is 1.60 bits per heavy atom. The molecule has 0 saturated carbocycles. The second-order valence-electron chi connectivity index (χ2n) is 4.98. The first-order valence-corrected chi connectivity index (χ1v) is 7.34. The van der Waals surface area contributed by atoms with E-state index in [-0.39, 0.29) is 0 Å². The summed E-state index contributed by atoms with van der Waals surface area (Å²) >= 11 is 0. The van der Waals surface area contributed by atoms with Crippen LogP contribution in [0.3, 0.4) is 0 Å². The molecule has 0 atom stereocenters. The molecule has 0 aliphatic rings. The molecule has 0 spiro atoms. The topological polar surface area (TPSA) is 35.2 Å². The minimum absolute atomic E-state index is 0.681. The Hall–Kier alpha value is -1.80. The largest absolute Gasteiger partial charge is 0.494 e. The van der Waals surface area contributed by atoms with Crippen molar-refractivity contribution in [2.75, 3.05) is 13.2 Å². The second kappa shape index (κ2) is 8.39. The molecular formula is C18H23NO. The Labute approximate surface area is 121 Å². The molecule has 2 aromatic carbocycles. The summed E-state index contributed by atoms with van der Waals surface area (Å²) in [6.07, 6.45) is 4.27. The minimum atomic E-state index is 0.681. The minimum Gasteiger partial charge on any atom is -0.494 e. The number of hydrogen-bond donors (Lipinski definition) is 1. The molecule has 0 bridgehead atoms. The first kappa shape index (κ1) is 14.6. The average Bonchev–Trinajstić information content (AvgIpc) is 2.49. The lowest BCUT2D eigenvalue weighted by molar-refractivity contribution is 0.306. The first-order chi connectivity index (χ1) is 9.88. The lowest BCUT2D eigenvalue weighted by Gasteiger charge is -2.08. The maximum atomic E-state index is 5.79. The van der Waals surface area contributed by atoms with Gasteiger partial charge in [-0.05, 0) is 55.5 Å². The van der Waals surface area contributed by atoms with E-state index in [4.69, 9.17) is 10.5 Å². The van der Waals surface area contributed by atoms with Gasteiger partial charge in [0, 0.05) is 0 Å². The van der Waals surface area contributed by atoms with Crippen molar-refractivity contribution in [3.63, 3.8) is 0 Å². The van der Waals surface area contributed by atoms with Crippen molar-refractivity contribution in [2.45, 2.75) is 25.7 Å². The van der Waals surface area contributed by atoms with Crippen LogP contribution >= 0.6 is 0 Å². The summed E-state index contributed by atoms with van der Waals surface area (Å²) in [7, 11) is 0. The average molecular weight is 269 g/mol. The molecule has 106 valence electrons. The van der Waals surface area contributed by atoms with E-state index in [1.165, 1.54) is 11.1 Å². The number of benzene rings is 2. The van der Waals surface area contributed by atoms with Crippen LogP contribution in [0.4, 0.5) is 0 Å². The zero-order chi connectivity index (χ0) is 14.0. The van der Waals surface area contributed by atoms with Crippen molar-refractivity contribution in [1.29, 1.82) is 0 Å². The molecule has 0 amide bonds. The molecule has 0 radical (unpaired) electrons. The third kappa shape index (κ3) is 5.06. The van der Waals surface area contributed by atoms with Crippen LogP contribution in [-0.4, -0.2) is 13.2 Å². The van der Waals surface area contributed by atoms with Gasteiger partial charge in [0.15, 0.2) is 0 Å². The summed E-state index contributed by atoms with van der Waals surface area (Å²) < 4.78 is 5.79. The molecule has 0 heterocycles. The van der Waals surface area contributed by atoms with Gasteiger partial charge in [-0.15, -0.1) is 0 Å². The molecule has 0 aromatic heterocycles. The van der Waals surface area contributed by atoms with Crippen LogP contribution in [0.25, 0.3) is 0 Å². The molecular weight excluding hydrogens is 246 g/mol. The second-order valence-corrected chi connectivity index (χ2v) is 4.98. The zero-order valence-electron chi connectivity index (χ0n) is 11.9. The predicted molar refractivity (Wildman–Crippen MR) is 84.1 cm³/mol. The maximum absolute atomic E-state index is 5.79. The third-order valence-electron chi connectivity index (χ3n) is 3.30. The highest BCUT2D eigenvalue weighted by atomic mass is 16.5. The van der Waals surface area contributed by atoms with Crippen molar-refractivity contribution in [3.8, 4) is 5.75 Å². The van der Waals surface area contributed by atoms with Crippen molar-refractivity contribution < 1.29 is 4.74 Å². The van der Waals surface area contributed by atoms with E-state index >= 15 is 0 Å². The van der Waals surface area contributed by atoms with E-state index in [1.54, 1.807) is 0 Å². The number of unbranched alkanes of at least 4 members (excludes halogenated alkanes) is 1. The monoisotopic (exact) mass is 269 g/mol. The Balaban J connectivity index is 1.67. The normalized spacial score (nSPS) is 10.4. The maximum Gasteiger partial charge on any atom is 0.119 e. The van der Waals surface area contributed by atoms with Crippen molar-refractivity contribution in [3.05, 3.63) is 65.7 Å². The Kier molecular flexibility index (Phi) is 6.12. The Bertz CT molecular complexity index is 496. The van der Waals surface area contributed by atoms with Gasteiger partial charge in [-0.2, -0.15) is 0 Å². The van der Waals surface area contributed by atoms with Gasteiger partial charge >= 0.3 is 0 Å². The van der Waals surface area contributed by atoms with Crippen LogP contribution in [0.1, 0.15) is 24.0 Å². The highest BCUT2D eigenvalue weighted by Gasteiger charge is 1.97. The Morgan fingerprint density at radius 3 is 2.40 bits per heavy atom. The number of rotatable bonds is 8. The van der Waals surface area contributed by atoms with Gasteiger partial charge in [-0.25, -0.2) is 0 Å². The first-order valence-electron chi connectivity index (χ1n) is 7.34. The molecule has 0 fully saturated rings. The summed E-state index contributed by atoms with van der Waals surface area (Å²) in [5, 5.41) is 0. The highest BCUT2D eigenvalue weighted by Crippen LogP contribution is 2.14. The van der Waals surface area contributed by atoms with Gasteiger partial charge < -0.3 is 10.5 Å². The number of hydrogen-bond acceptors (Lipinski definition) is 2. The van der Waals surface area contributed by atoms with Gasteiger partial charge in [0.25, 0.3) is 0 Å². The van der Waals surface area contributed by atoms with E-state index in [0.29, 0.717) is 6.54 Å². The van der Waals surface area contributed by atoms with E-state index in [1.807, 2.05) is 12.1 Å². The fraction of sp³-hybridized carbons (Fsp3) is 0.333. The molecule has 2 nitrogen and oxygen atoms in total. The van der Waals surface area contributed by atoms with Gasteiger partial charge in [0.1, 0.15) is 5.75 Å². The quantitative estimate of drug-likeness (QED) is 0.743. The fourth-order valence-corrected chi connectivity index (χ4v) is 2.22. The molecule has 20 heavy (non-hydrogen) atoms. The summed E-state index contributed by atoms with van der Waals surface area (Å²) in [5.74, 6) is 0.954. The van der Waals surface area contributed by atoms with Gasteiger partial charge in [-0.3, -0.25) is 0 Å². The Morgan fingerprint density at radius 1 is 0.800 bits per heavy atom. The highest BCUT2D eigenvalue weighted by molar-refractivity contribution is 5.28. The molecule has 0 saturated heterocycles. The van der Waals surface area contributed by atoms with Crippen LogP contribution in [0, 0.1) is 0 Å². The predicted octanol–water partition coefficient (Wildman–Crippen LogP) is 3.59. The molecule has 0 aliphatic heterocycles. The van der Waals surface area contributed by atoms with Crippen LogP contribution in [-0.2, 0) is 12.8 Å². The molecule has 0 unspecified atom stereocenters. The van der Waals surface area contributed by atoms with E-state index in [2.05, 4.69) is 42.5 Å². The summed E-state index contributed by atoms with van der Waals surface area (Å²) in [6, 6.07) is 18.8. The zero-order valence-corrected chi connectivity index (χ0v) is 11.9. The third-order valence-corrected chi connectivity index (χ3v) is 3.30. The molecule has 2 N–H and O–H groups in total. The summed E-state index contributed by atoms with van der Waals surface area (Å²) in [5.41, 5.74) is 8.21. The summed E-state index contributed by atoms with van der Waals surface area (Å²) in [4.78, 5) is 0. The van der Waals surface area contributed by atoms with Crippen molar-refractivity contribution in [1.82, 2.24) is 0 Å². The van der Waals surface area contributed by atoms with Crippen LogP contribution in [0.15, 0.2) is 54.6 Å². The van der Waals surface area contributed by atoms with Gasteiger partial charge in [0.2, 0.25) is 0 Å². The molecule has 2 rings (SSSR count). The van der Waals surface area contributed by atoms with Crippen LogP contribution in [0.5, 0.6) is 5.75 Å². The lowest BCUT2D eigenvalue weighted by Crippen LogP contribution is -2.03. The summed E-state index contributed by atoms with van der Waals surface area (Å²) in [6.45, 7) is 1.46. The van der Waals surface area contributed by atoms with Crippen LogP contribution in [0.2, 0.25) is 0 Å². The number of aryl methyl sites for hydroxylation is 1. The van der Waals surface area contributed by atoms with E-state index < -0.39 is 0 Å². The molecule has 2 aromatic rings. The fourth-order valence-electron chi connectivity index (χ4n) is 2.22. The van der Waals surface area contributed by atoms with E-state index in [9.17, 15) is 0 Å². The molecule has 2 heteroatoms. The standard InChI is InChI=1S/C18H23NO/c19-13-12-17-10-6-11-18(15-17)20-14-5-4-9-16-7-2-1-3-8-16/h1-3,6-8,10-11,15H,4-5,9,12-14,19H2. The smallest absolute Gasteiger partial charge is 0.119 e. The van der Waals surface area contributed by atoms with Gasteiger partial charge in [-0.1, -0.05) is 42.5 Å². The van der Waals surface area contributed by atoms with Crippen molar-refractivity contribution >= 4 is 0 Å².